The Bertz CT molecular complexity index is 1510. The Kier molecular flexibility index (Phi) is 4.52. The second kappa shape index (κ2) is 7.79. The van der Waals surface area contributed by atoms with Gasteiger partial charge >= 0.3 is 0 Å². The molecule has 178 valence electrons. The minimum Gasteiger partial charge on any atom is -0.383 e. The van der Waals surface area contributed by atoms with Gasteiger partial charge in [0.2, 0.25) is 0 Å². The van der Waals surface area contributed by atoms with Gasteiger partial charge < -0.3 is 16.4 Å². The third-order valence-electron chi connectivity index (χ3n) is 7.56. The number of hydrogen-bond donors (Lipinski definition) is 4. The molecule has 3 aliphatic rings. The molecule has 8 heteroatoms. The van der Waals surface area contributed by atoms with Crippen LogP contribution in [0.25, 0.3) is 28.5 Å². The lowest BCUT2D eigenvalue weighted by Gasteiger charge is -2.38. The average Bonchev–Trinajstić information content (AvgIpc) is 3.53. The van der Waals surface area contributed by atoms with Crippen molar-refractivity contribution >= 4 is 17.7 Å². The molecular weight excluding hydrogens is 448 g/mol. The first-order valence-electron chi connectivity index (χ1n) is 12.2. The molecule has 2 aromatic carbocycles. The molecule has 2 aliphatic heterocycles. The maximum absolute atomic E-state index is 6.57. The number of amidine groups is 1. The summed E-state index contributed by atoms with van der Waals surface area (Å²) in [5.41, 5.74) is 23.8. The lowest BCUT2D eigenvalue weighted by atomic mass is 9.72. The monoisotopic (exact) mass is 474 g/mol. The highest BCUT2D eigenvalue weighted by Crippen LogP contribution is 2.41. The summed E-state index contributed by atoms with van der Waals surface area (Å²) in [6.45, 7) is 0. The van der Waals surface area contributed by atoms with Gasteiger partial charge in [-0.25, -0.2) is 4.98 Å². The van der Waals surface area contributed by atoms with Gasteiger partial charge in [-0.2, -0.15) is 10.2 Å². The first-order chi connectivity index (χ1) is 17.6. The lowest BCUT2D eigenvalue weighted by Crippen LogP contribution is -2.43. The topological polar surface area (TPSA) is 121 Å². The van der Waals surface area contributed by atoms with Crippen LogP contribution >= 0.6 is 0 Å². The first-order valence-corrected chi connectivity index (χ1v) is 12.2. The van der Waals surface area contributed by atoms with Crippen molar-refractivity contribution in [1.29, 1.82) is 0 Å². The molecule has 8 nitrogen and oxygen atoms in total. The zero-order valence-corrected chi connectivity index (χ0v) is 19.6. The number of pyridine rings is 1. The van der Waals surface area contributed by atoms with Crippen molar-refractivity contribution in [2.45, 2.75) is 31.0 Å². The predicted molar refractivity (Wildman–Crippen MR) is 141 cm³/mol. The molecule has 1 atom stereocenters. The number of hydrazone groups is 1. The second-order valence-electron chi connectivity index (χ2n) is 9.70. The van der Waals surface area contributed by atoms with Crippen molar-refractivity contribution in [3.63, 3.8) is 0 Å². The summed E-state index contributed by atoms with van der Waals surface area (Å²) in [4.78, 5) is 7.24. The lowest BCUT2D eigenvalue weighted by molar-refractivity contribution is 0.253. The van der Waals surface area contributed by atoms with E-state index in [0.717, 1.165) is 57.9 Å². The molecule has 0 amide bonds. The Morgan fingerprint density at radius 3 is 2.47 bits per heavy atom. The molecule has 0 radical (unpaired) electrons. The quantitative estimate of drug-likeness (QED) is 0.350. The zero-order chi connectivity index (χ0) is 24.3. The molecule has 1 unspecified atom stereocenters. The highest BCUT2D eigenvalue weighted by atomic mass is 15.5. The van der Waals surface area contributed by atoms with E-state index in [1.807, 2.05) is 18.3 Å². The molecule has 7 rings (SSSR count). The molecule has 1 saturated carbocycles. The Labute approximate surface area is 208 Å². The molecule has 0 spiro atoms. The Morgan fingerprint density at radius 1 is 0.972 bits per heavy atom. The number of H-pyrrole nitrogens is 1. The number of fused-ring (bicyclic) bond motifs is 3. The van der Waals surface area contributed by atoms with Crippen LogP contribution in [0.5, 0.6) is 0 Å². The number of anilines is 1. The summed E-state index contributed by atoms with van der Waals surface area (Å²) in [5, 5.41) is 11.4. The van der Waals surface area contributed by atoms with Gasteiger partial charge in [-0.1, -0.05) is 54.6 Å². The van der Waals surface area contributed by atoms with E-state index in [1.54, 1.807) is 6.20 Å². The number of aromatic nitrogens is 3. The van der Waals surface area contributed by atoms with Gasteiger partial charge in [0, 0.05) is 28.4 Å². The maximum Gasteiger partial charge on any atom is 0.167 e. The van der Waals surface area contributed by atoms with E-state index in [4.69, 9.17) is 16.5 Å². The number of nitrogens with two attached hydrogens (primary N) is 2. The maximum atomic E-state index is 6.57. The first kappa shape index (κ1) is 20.9. The number of aromatic amines is 1. The van der Waals surface area contributed by atoms with Crippen molar-refractivity contribution in [3.05, 3.63) is 95.4 Å². The third kappa shape index (κ3) is 3.15. The largest absolute Gasteiger partial charge is 0.383 e. The Hall–Kier alpha value is -4.43. The SMILES string of the molecule is Nc1[nH]ncc1C1=NNC2c3cc(-c4ccccc4)c(-c4ccc(C5(N)CCC5)cc4)nc3C=CN12. The molecule has 1 fully saturated rings. The molecular formula is C28H26N8. The van der Waals surface area contributed by atoms with Crippen LogP contribution in [-0.4, -0.2) is 25.9 Å². The zero-order valence-electron chi connectivity index (χ0n) is 19.6. The van der Waals surface area contributed by atoms with Crippen LogP contribution in [0.3, 0.4) is 0 Å². The van der Waals surface area contributed by atoms with E-state index >= 15 is 0 Å². The highest BCUT2D eigenvalue weighted by molar-refractivity contribution is 6.04. The molecule has 36 heavy (non-hydrogen) atoms. The van der Waals surface area contributed by atoms with Crippen LogP contribution in [0.1, 0.15) is 47.8 Å². The highest BCUT2D eigenvalue weighted by Gasteiger charge is 2.36. The van der Waals surface area contributed by atoms with Crippen LogP contribution in [0.4, 0.5) is 5.82 Å². The smallest absolute Gasteiger partial charge is 0.167 e. The number of benzene rings is 2. The van der Waals surface area contributed by atoms with Crippen LogP contribution < -0.4 is 16.9 Å². The standard InChI is InChI=1S/C28H26N8/c29-25-22(16-31-33-25)27-35-34-26-21-15-20(17-5-2-1-3-6-17)24(32-23(21)11-14-36(26)27)18-7-9-19(10-8-18)28(30)12-4-13-28/h1-3,5-11,14-16,26,34H,4,12-13,30H2,(H3,29,31,33). The Morgan fingerprint density at radius 2 is 1.78 bits per heavy atom. The van der Waals surface area contributed by atoms with Gasteiger partial charge in [0.1, 0.15) is 12.0 Å². The van der Waals surface area contributed by atoms with Gasteiger partial charge in [0.15, 0.2) is 5.84 Å². The van der Waals surface area contributed by atoms with E-state index in [1.165, 1.54) is 12.0 Å². The summed E-state index contributed by atoms with van der Waals surface area (Å²) in [7, 11) is 0. The van der Waals surface area contributed by atoms with Crippen LogP contribution in [-0.2, 0) is 5.54 Å². The fourth-order valence-corrected chi connectivity index (χ4v) is 5.32. The summed E-state index contributed by atoms with van der Waals surface area (Å²) >= 11 is 0. The number of rotatable bonds is 4. The summed E-state index contributed by atoms with van der Waals surface area (Å²) < 4.78 is 0. The molecule has 2 aromatic heterocycles. The van der Waals surface area contributed by atoms with Crippen LogP contribution in [0, 0.1) is 0 Å². The van der Waals surface area contributed by atoms with Crippen LogP contribution in [0.15, 0.2) is 78.2 Å². The number of nitrogens with zero attached hydrogens (tertiary/aromatic N) is 4. The molecule has 6 N–H and O–H groups in total. The van der Waals surface area contributed by atoms with E-state index in [9.17, 15) is 0 Å². The van der Waals surface area contributed by atoms with E-state index in [0.29, 0.717) is 5.82 Å². The van der Waals surface area contributed by atoms with Crippen molar-refractivity contribution < 1.29 is 0 Å². The van der Waals surface area contributed by atoms with Gasteiger partial charge in [-0.05, 0) is 42.5 Å². The van der Waals surface area contributed by atoms with E-state index < -0.39 is 0 Å². The van der Waals surface area contributed by atoms with E-state index in [2.05, 4.69) is 80.2 Å². The normalized spacial score (nSPS) is 19.2. The van der Waals surface area contributed by atoms with Gasteiger partial charge in [-0.15, -0.1) is 0 Å². The third-order valence-corrected chi connectivity index (χ3v) is 7.56. The van der Waals surface area contributed by atoms with E-state index in [-0.39, 0.29) is 11.7 Å². The molecule has 1 aliphatic carbocycles. The fraction of sp³-hybridized carbons (Fsp3) is 0.179. The predicted octanol–water partition coefficient (Wildman–Crippen LogP) is 4.31. The van der Waals surface area contributed by atoms with Crippen molar-refractivity contribution in [3.8, 4) is 22.4 Å². The van der Waals surface area contributed by atoms with Crippen molar-refractivity contribution in [1.82, 2.24) is 25.5 Å². The Balaban J connectivity index is 1.32. The minimum absolute atomic E-state index is 0.180. The fourth-order valence-electron chi connectivity index (χ4n) is 5.32. The van der Waals surface area contributed by atoms with Gasteiger partial charge in [0.25, 0.3) is 0 Å². The molecule has 4 aromatic rings. The molecule has 0 bridgehead atoms. The number of nitrogen functional groups attached to an aromatic ring is 1. The van der Waals surface area contributed by atoms with Crippen LogP contribution in [0.2, 0.25) is 0 Å². The van der Waals surface area contributed by atoms with Gasteiger partial charge in [0.05, 0.1) is 23.1 Å². The van der Waals surface area contributed by atoms with Crippen molar-refractivity contribution in [2.75, 3.05) is 5.73 Å². The minimum atomic E-state index is -0.184. The van der Waals surface area contributed by atoms with Gasteiger partial charge in [-0.3, -0.25) is 10.5 Å². The molecule has 0 saturated heterocycles. The number of hydrogen-bond acceptors (Lipinski definition) is 7. The second-order valence-corrected chi connectivity index (χ2v) is 9.70. The van der Waals surface area contributed by atoms with Crippen molar-refractivity contribution in [2.24, 2.45) is 10.8 Å². The average molecular weight is 475 g/mol. The summed E-state index contributed by atoms with van der Waals surface area (Å²) in [6, 6.07) is 21.2. The summed E-state index contributed by atoms with van der Waals surface area (Å²) in [6.07, 6.45) is 8.81. The molecule has 4 heterocycles. The summed E-state index contributed by atoms with van der Waals surface area (Å²) in [5.74, 6) is 1.21. The number of nitrogens with one attached hydrogen (secondary N) is 2.